The van der Waals surface area contributed by atoms with Gasteiger partial charge in [0.05, 0.1) is 0 Å². The van der Waals surface area contributed by atoms with Gasteiger partial charge in [0.2, 0.25) is 0 Å². The highest BCUT2D eigenvalue weighted by atomic mass is 16.5. The van der Waals surface area contributed by atoms with E-state index in [4.69, 9.17) is 20.9 Å². The number of unbranched alkanes of at least 4 members (excludes halogenated alkanes) is 11. The number of rotatable bonds is 20. The minimum atomic E-state index is -0.0706. The molecule has 0 spiro atoms. The maximum absolute atomic E-state index is 6.49. The highest BCUT2D eigenvalue weighted by molar-refractivity contribution is 5.55. The first-order valence-electron chi connectivity index (χ1n) is 23.5. The lowest BCUT2D eigenvalue weighted by Crippen LogP contribution is -2.36. The van der Waals surface area contributed by atoms with E-state index in [1.807, 2.05) is 48.5 Å². The van der Waals surface area contributed by atoms with Crippen LogP contribution in [0, 0.1) is 45.4 Å². The molecule has 314 valence electrons. The van der Waals surface area contributed by atoms with E-state index in [0.717, 1.165) is 40.8 Å². The number of ether oxygens (including phenoxy) is 2. The van der Waals surface area contributed by atoms with E-state index in [1.54, 1.807) is 0 Å². The Bertz CT molecular complexity index is 1730. The Balaban J connectivity index is 1.09. The summed E-state index contributed by atoms with van der Waals surface area (Å²) in [5.74, 6) is 6.07. The average molecular weight is 785 g/mol. The SMILES string of the molecule is CCCCCCCCCCCCCCC1CCC(C2CCC(c3cc(C)c(Oc4cccc(N)c4)c(C)c3)(c3cc(C)c(Oc4cccc(N)c4)c(C)c3)CC2)CC1. The molecule has 2 saturated carbocycles. The average Bonchev–Trinajstić information content (AvgIpc) is 3.21. The Morgan fingerprint density at radius 2 is 0.897 bits per heavy atom. The Morgan fingerprint density at radius 3 is 1.31 bits per heavy atom. The fourth-order valence-electron chi connectivity index (χ4n) is 10.7. The van der Waals surface area contributed by atoms with Gasteiger partial charge in [-0.05, 0) is 142 Å². The summed E-state index contributed by atoms with van der Waals surface area (Å²) in [5, 5.41) is 0. The van der Waals surface area contributed by atoms with Crippen molar-refractivity contribution >= 4 is 11.4 Å². The zero-order chi connectivity index (χ0) is 40.9. The molecule has 0 saturated heterocycles. The number of nitrogen functional groups attached to an aromatic ring is 2. The van der Waals surface area contributed by atoms with Gasteiger partial charge in [0.1, 0.15) is 23.0 Å². The smallest absolute Gasteiger partial charge is 0.133 e. The third-order valence-corrected chi connectivity index (χ3v) is 14.1. The molecule has 58 heavy (non-hydrogen) atoms. The van der Waals surface area contributed by atoms with Crippen molar-refractivity contribution in [1.29, 1.82) is 0 Å². The Hall–Kier alpha value is -3.92. The molecule has 0 bridgehead atoms. The van der Waals surface area contributed by atoms with Gasteiger partial charge in [0.25, 0.3) is 0 Å². The molecule has 4 nitrogen and oxygen atoms in total. The van der Waals surface area contributed by atoms with Crippen molar-refractivity contribution < 1.29 is 9.47 Å². The van der Waals surface area contributed by atoms with Crippen LogP contribution in [0.2, 0.25) is 0 Å². The van der Waals surface area contributed by atoms with Gasteiger partial charge in [0, 0.05) is 28.9 Å². The minimum absolute atomic E-state index is 0.0706. The van der Waals surface area contributed by atoms with Gasteiger partial charge >= 0.3 is 0 Å². The van der Waals surface area contributed by atoms with Gasteiger partial charge < -0.3 is 20.9 Å². The number of hydrogen-bond acceptors (Lipinski definition) is 4. The summed E-state index contributed by atoms with van der Waals surface area (Å²) in [6, 6.07) is 25.1. The minimum Gasteiger partial charge on any atom is -0.457 e. The zero-order valence-corrected chi connectivity index (χ0v) is 37.0. The normalized spacial score (nSPS) is 18.3. The zero-order valence-electron chi connectivity index (χ0n) is 37.0. The lowest BCUT2D eigenvalue weighted by atomic mass is 9.59. The second-order valence-corrected chi connectivity index (χ2v) is 18.6. The number of nitrogens with two attached hydrogens (primary N) is 2. The van der Waals surface area contributed by atoms with Crippen molar-refractivity contribution in [1.82, 2.24) is 0 Å². The van der Waals surface area contributed by atoms with E-state index in [9.17, 15) is 0 Å². The maximum Gasteiger partial charge on any atom is 0.133 e. The van der Waals surface area contributed by atoms with Crippen LogP contribution in [0.5, 0.6) is 23.0 Å². The predicted octanol–water partition coefficient (Wildman–Crippen LogP) is 16.0. The van der Waals surface area contributed by atoms with E-state index < -0.39 is 0 Å². The van der Waals surface area contributed by atoms with Crippen molar-refractivity contribution in [3.63, 3.8) is 0 Å². The molecule has 2 fully saturated rings. The van der Waals surface area contributed by atoms with Crippen molar-refractivity contribution in [3.05, 3.63) is 106 Å². The Morgan fingerprint density at radius 1 is 0.500 bits per heavy atom. The first kappa shape index (κ1) is 43.7. The van der Waals surface area contributed by atoms with Gasteiger partial charge in [-0.15, -0.1) is 0 Å². The lowest BCUT2D eigenvalue weighted by Gasteiger charge is -2.45. The van der Waals surface area contributed by atoms with Crippen LogP contribution in [-0.2, 0) is 5.41 Å². The maximum atomic E-state index is 6.49. The number of hydrogen-bond donors (Lipinski definition) is 2. The van der Waals surface area contributed by atoms with E-state index >= 15 is 0 Å². The molecule has 4 aromatic rings. The van der Waals surface area contributed by atoms with E-state index in [-0.39, 0.29) is 5.41 Å². The monoisotopic (exact) mass is 785 g/mol. The predicted molar refractivity (Wildman–Crippen MR) is 248 cm³/mol. The van der Waals surface area contributed by atoms with Crippen LogP contribution in [0.3, 0.4) is 0 Å². The Labute approximate surface area is 352 Å². The fraction of sp³-hybridized carbons (Fsp3) is 0.556. The first-order chi connectivity index (χ1) is 28.1. The highest BCUT2D eigenvalue weighted by Gasteiger charge is 2.42. The largest absolute Gasteiger partial charge is 0.457 e. The molecule has 2 aliphatic carbocycles. The third kappa shape index (κ3) is 11.6. The summed E-state index contributed by atoms with van der Waals surface area (Å²) >= 11 is 0. The molecular formula is C54H76N2O2. The molecule has 4 heteroatoms. The summed E-state index contributed by atoms with van der Waals surface area (Å²) in [7, 11) is 0. The van der Waals surface area contributed by atoms with Crippen LogP contribution < -0.4 is 20.9 Å². The molecule has 0 aliphatic heterocycles. The summed E-state index contributed by atoms with van der Waals surface area (Å²) in [5.41, 5.74) is 21.1. The topological polar surface area (TPSA) is 70.5 Å². The molecule has 4 aromatic carbocycles. The molecule has 0 amide bonds. The van der Waals surface area contributed by atoms with Crippen LogP contribution in [0.25, 0.3) is 0 Å². The first-order valence-corrected chi connectivity index (χ1v) is 23.5. The van der Waals surface area contributed by atoms with E-state index in [1.165, 1.54) is 168 Å². The lowest BCUT2D eigenvalue weighted by molar-refractivity contribution is 0.140. The Kier molecular flexibility index (Phi) is 16.1. The summed E-state index contributed by atoms with van der Waals surface area (Å²) in [6.07, 6.45) is 29.4. The van der Waals surface area contributed by atoms with Gasteiger partial charge in [0.15, 0.2) is 0 Å². The molecule has 6 rings (SSSR count). The molecule has 4 N–H and O–H groups in total. The van der Waals surface area contributed by atoms with Crippen LogP contribution >= 0.6 is 0 Å². The van der Waals surface area contributed by atoms with Gasteiger partial charge in [-0.25, -0.2) is 0 Å². The van der Waals surface area contributed by atoms with E-state index in [2.05, 4.69) is 58.9 Å². The van der Waals surface area contributed by atoms with Crippen LogP contribution in [0.4, 0.5) is 11.4 Å². The quantitative estimate of drug-likeness (QED) is 0.0692. The second kappa shape index (κ2) is 21.4. The molecular weight excluding hydrogens is 709 g/mol. The molecule has 2 aliphatic rings. The van der Waals surface area contributed by atoms with Gasteiger partial charge in [-0.3, -0.25) is 0 Å². The van der Waals surface area contributed by atoms with Crippen molar-refractivity contribution in [2.75, 3.05) is 11.5 Å². The molecule has 0 unspecified atom stereocenters. The summed E-state index contributed by atoms with van der Waals surface area (Å²) in [6.45, 7) is 11.1. The van der Waals surface area contributed by atoms with Crippen LogP contribution in [0.15, 0.2) is 72.8 Å². The van der Waals surface area contributed by atoms with Crippen molar-refractivity contribution in [2.45, 2.75) is 175 Å². The number of benzene rings is 4. The highest BCUT2D eigenvalue weighted by Crippen LogP contribution is 2.52. The summed E-state index contributed by atoms with van der Waals surface area (Å²) in [4.78, 5) is 0. The summed E-state index contributed by atoms with van der Waals surface area (Å²) < 4.78 is 13.0. The van der Waals surface area contributed by atoms with Crippen LogP contribution in [-0.4, -0.2) is 0 Å². The molecule has 0 radical (unpaired) electrons. The molecule has 0 aromatic heterocycles. The number of aryl methyl sites for hydroxylation is 4. The van der Waals surface area contributed by atoms with Gasteiger partial charge in [-0.1, -0.05) is 140 Å². The van der Waals surface area contributed by atoms with Gasteiger partial charge in [-0.2, -0.15) is 0 Å². The van der Waals surface area contributed by atoms with E-state index in [0.29, 0.717) is 11.4 Å². The fourth-order valence-corrected chi connectivity index (χ4v) is 10.7. The second-order valence-electron chi connectivity index (χ2n) is 18.6. The van der Waals surface area contributed by atoms with Crippen LogP contribution in [0.1, 0.15) is 175 Å². The molecule has 0 atom stereocenters. The molecule has 0 heterocycles. The van der Waals surface area contributed by atoms with Crippen molar-refractivity contribution in [2.24, 2.45) is 17.8 Å². The standard InChI is InChI=1S/C54H76N2O2/c1-6-7-8-9-10-11-12-13-14-15-16-17-20-43-25-27-44(28-26-43)45-29-31-54(32-30-45,46-33-39(2)52(40(3)34-46)57-50-23-18-21-48(55)37-50)47-35-41(4)53(42(5)36-47)58-51-24-19-22-49(56)38-51/h18-19,21-24,33-38,43-45H,6-17,20,25-32,55-56H2,1-5H3. The number of anilines is 2. The third-order valence-electron chi connectivity index (χ3n) is 14.1. The van der Waals surface area contributed by atoms with Crippen molar-refractivity contribution in [3.8, 4) is 23.0 Å².